The van der Waals surface area contributed by atoms with Gasteiger partial charge in [-0.1, -0.05) is 25.9 Å². The minimum Gasteiger partial charge on any atom is -0.354 e. The topological polar surface area (TPSA) is 38.9 Å². The van der Waals surface area contributed by atoms with E-state index in [0.29, 0.717) is 0 Å². The van der Waals surface area contributed by atoms with Crippen LogP contribution in [-0.2, 0) is 6.42 Å². The van der Waals surface area contributed by atoms with Crippen LogP contribution in [0.3, 0.4) is 0 Å². The number of nitrogens with zero attached hydrogens (tertiary/aromatic N) is 2. The molecule has 0 fully saturated rings. The molecule has 15 heavy (non-hydrogen) atoms. The van der Waals surface area contributed by atoms with E-state index < -0.39 is 0 Å². The van der Waals surface area contributed by atoms with Crippen molar-refractivity contribution in [2.45, 2.75) is 27.2 Å². The van der Waals surface area contributed by atoms with E-state index in [1.54, 1.807) is 6.20 Å². The average Bonchev–Trinajstić information content (AvgIpc) is 2.45. The maximum atomic E-state index is 5.23. The summed E-state index contributed by atoms with van der Waals surface area (Å²) >= 11 is 3.35. The summed E-state index contributed by atoms with van der Waals surface area (Å²) in [6, 6.07) is 1.89. The molecule has 80 valence electrons. The Hall–Kier alpha value is -0.900. The minimum atomic E-state index is 0.193. The van der Waals surface area contributed by atoms with E-state index in [2.05, 4.69) is 46.8 Å². The quantitative estimate of drug-likeness (QED) is 0.794. The normalized spacial score (nSPS) is 12.3. The fourth-order valence-corrected chi connectivity index (χ4v) is 1.78. The molecule has 0 aliphatic carbocycles. The second kappa shape index (κ2) is 3.59. The first kappa shape index (κ1) is 10.6. The molecule has 2 heterocycles. The lowest BCUT2D eigenvalue weighted by atomic mass is 9.90. The second-order valence-electron chi connectivity index (χ2n) is 4.87. The summed E-state index contributed by atoms with van der Waals surface area (Å²) in [6.07, 6.45) is 2.64. The highest BCUT2D eigenvalue weighted by molar-refractivity contribution is 9.10. The minimum absolute atomic E-state index is 0.193. The lowest BCUT2D eigenvalue weighted by molar-refractivity contribution is 0.382. The van der Waals surface area contributed by atoms with Gasteiger partial charge in [-0.15, -0.1) is 0 Å². The Morgan fingerprint density at radius 3 is 2.80 bits per heavy atom. The number of fused-ring (bicyclic) bond motifs is 1. The monoisotopic (exact) mass is 268 g/mol. The van der Waals surface area contributed by atoms with Gasteiger partial charge in [0.15, 0.2) is 5.58 Å². The molecule has 0 unspecified atom stereocenters. The predicted molar refractivity (Wildman–Crippen MR) is 62.7 cm³/mol. The fourth-order valence-electron chi connectivity index (χ4n) is 1.47. The van der Waals surface area contributed by atoms with E-state index in [-0.39, 0.29) is 5.41 Å². The standard InChI is InChI=1S/C11H13BrN2O/c1-11(2,3)5-8-10-9(15-14-8)4-7(12)6-13-10/h4,6H,5H2,1-3H3. The van der Waals surface area contributed by atoms with Crippen LogP contribution >= 0.6 is 15.9 Å². The van der Waals surface area contributed by atoms with Crippen LogP contribution in [0.4, 0.5) is 0 Å². The van der Waals surface area contributed by atoms with Crippen molar-refractivity contribution >= 4 is 27.0 Å². The second-order valence-corrected chi connectivity index (χ2v) is 5.78. The number of halogens is 1. The van der Waals surface area contributed by atoms with Crippen molar-refractivity contribution < 1.29 is 4.52 Å². The van der Waals surface area contributed by atoms with Crippen LogP contribution in [0.2, 0.25) is 0 Å². The van der Waals surface area contributed by atoms with Gasteiger partial charge in [-0.05, 0) is 21.3 Å². The summed E-state index contributed by atoms with van der Waals surface area (Å²) in [7, 11) is 0. The van der Waals surface area contributed by atoms with Crippen LogP contribution < -0.4 is 0 Å². The molecular weight excluding hydrogens is 256 g/mol. The first-order valence-electron chi connectivity index (χ1n) is 4.85. The molecule has 4 heteroatoms. The van der Waals surface area contributed by atoms with Crippen molar-refractivity contribution in [2.75, 3.05) is 0 Å². The van der Waals surface area contributed by atoms with Crippen LogP contribution in [0.5, 0.6) is 0 Å². The first-order chi connectivity index (χ1) is 6.96. The highest BCUT2D eigenvalue weighted by Gasteiger charge is 2.17. The zero-order valence-corrected chi connectivity index (χ0v) is 10.6. The van der Waals surface area contributed by atoms with Gasteiger partial charge in [0, 0.05) is 23.2 Å². The molecule has 0 aliphatic heterocycles. The van der Waals surface area contributed by atoms with Gasteiger partial charge in [0.2, 0.25) is 0 Å². The van der Waals surface area contributed by atoms with Crippen molar-refractivity contribution in [1.82, 2.24) is 10.1 Å². The van der Waals surface area contributed by atoms with Crippen molar-refractivity contribution in [1.29, 1.82) is 0 Å². The molecule has 0 radical (unpaired) electrons. The number of hydrogen-bond acceptors (Lipinski definition) is 3. The zero-order chi connectivity index (χ0) is 11.1. The third kappa shape index (κ3) is 2.37. The molecule has 0 spiro atoms. The van der Waals surface area contributed by atoms with Crippen molar-refractivity contribution in [3.8, 4) is 0 Å². The van der Waals surface area contributed by atoms with E-state index in [0.717, 1.165) is 27.7 Å². The molecule has 0 N–H and O–H groups in total. The SMILES string of the molecule is CC(C)(C)Cc1noc2cc(Br)cnc12. The van der Waals surface area contributed by atoms with Crippen LogP contribution in [0.1, 0.15) is 26.5 Å². The molecule has 2 aromatic rings. The van der Waals surface area contributed by atoms with Gasteiger partial charge in [-0.3, -0.25) is 0 Å². The van der Waals surface area contributed by atoms with Gasteiger partial charge in [0.25, 0.3) is 0 Å². The molecule has 0 saturated carbocycles. The summed E-state index contributed by atoms with van der Waals surface area (Å²) < 4.78 is 6.14. The van der Waals surface area contributed by atoms with Crippen molar-refractivity contribution in [3.63, 3.8) is 0 Å². The van der Waals surface area contributed by atoms with Gasteiger partial charge < -0.3 is 4.52 Å². The van der Waals surface area contributed by atoms with E-state index in [1.807, 2.05) is 6.07 Å². The number of aromatic nitrogens is 2. The molecule has 2 aromatic heterocycles. The zero-order valence-electron chi connectivity index (χ0n) is 9.04. The Kier molecular flexibility index (Phi) is 2.54. The Morgan fingerprint density at radius 2 is 2.13 bits per heavy atom. The van der Waals surface area contributed by atoms with Gasteiger partial charge in [0.05, 0.1) is 0 Å². The highest BCUT2D eigenvalue weighted by atomic mass is 79.9. The van der Waals surface area contributed by atoms with Gasteiger partial charge in [-0.2, -0.15) is 0 Å². The summed E-state index contributed by atoms with van der Waals surface area (Å²) in [5.74, 6) is 0. The van der Waals surface area contributed by atoms with E-state index in [9.17, 15) is 0 Å². The highest BCUT2D eigenvalue weighted by Crippen LogP contribution is 2.26. The molecule has 0 amide bonds. The van der Waals surface area contributed by atoms with Crippen LogP contribution in [0.15, 0.2) is 21.3 Å². The third-order valence-electron chi connectivity index (χ3n) is 2.04. The van der Waals surface area contributed by atoms with E-state index in [1.165, 1.54) is 0 Å². The molecule has 0 aromatic carbocycles. The average molecular weight is 269 g/mol. The van der Waals surface area contributed by atoms with Crippen molar-refractivity contribution in [3.05, 3.63) is 22.4 Å². The van der Waals surface area contributed by atoms with E-state index >= 15 is 0 Å². The molecular formula is C11H13BrN2O. The first-order valence-corrected chi connectivity index (χ1v) is 5.65. The maximum Gasteiger partial charge on any atom is 0.186 e. The molecule has 0 atom stereocenters. The Morgan fingerprint density at radius 1 is 1.40 bits per heavy atom. The van der Waals surface area contributed by atoms with Crippen LogP contribution in [0, 0.1) is 5.41 Å². The molecule has 0 saturated heterocycles. The van der Waals surface area contributed by atoms with Crippen molar-refractivity contribution in [2.24, 2.45) is 5.41 Å². The van der Waals surface area contributed by atoms with Crippen LogP contribution in [-0.4, -0.2) is 10.1 Å². The largest absolute Gasteiger partial charge is 0.354 e. The van der Waals surface area contributed by atoms with Gasteiger partial charge in [0.1, 0.15) is 11.2 Å². The third-order valence-corrected chi connectivity index (χ3v) is 2.48. The Labute approximate surface area is 97.0 Å². The lowest BCUT2D eigenvalue weighted by Crippen LogP contribution is -2.09. The number of pyridine rings is 1. The molecule has 2 rings (SSSR count). The predicted octanol–water partition coefficient (Wildman–Crippen LogP) is 3.57. The summed E-state index contributed by atoms with van der Waals surface area (Å²) in [4.78, 5) is 4.32. The fraction of sp³-hybridized carbons (Fsp3) is 0.455. The smallest absolute Gasteiger partial charge is 0.186 e. The molecule has 0 bridgehead atoms. The lowest BCUT2D eigenvalue weighted by Gasteiger charge is -2.15. The van der Waals surface area contributed by atoms with Gasteiger partial charge in [-0.25, -0.2) is 4.98 Å². The van der Waals surface area contributed by atoms with Crippen LogP contribution in [0.25, 0.3) is 11.1 Å². The molecule has 0 aliphatic rings. The van der Waals surface area contributed by atoms with Gasteiger partial charge >= 0.3 is 0 Å². The molecule has 3 nitrogen and oxygen atoms in total. The maximum absolute atomic E-state index is 5.23. The Balaban J connectivity index is 2.45. The summed E-state index contributed by atoms with van der Waals surface area (Å²) in [6.45, 7) is 6.52. The van der Waals surface area contributed by atoms with E-state index in [4.69, 9.17) is 4.52 Å². The summed E-state index contributed by atoms with van der Waals surface area (Å²) in [5, 5.41) is 4.06. The summed E-state index contributed by atoms with van der Waals surface area (Å²) in [5.41, 5.74) is 2.74. The number of hydrogen-bond donors (Lipinski definition) is 0. The number of rotatable bonds is 1. The Bertz CT molecular complexity index is 485.